The molecule has 0 atom stereocenters. The Bertz CT molecular complexity index is 611. The summed E-state index contributed by atoms with van der Waals surface area (Å²) in [6.45, 7) is 0. The van der Waals surface area contributed by atoms with Gasteiger partial charge in [0, 0.05) is 17.8 Å². The molecule has 1 heterocycles. The van der Waals surface area contributed by atoms with Gasteiger partial charge in [0.1, 0.15) is 16.5 Å². The molecular weight excluding hydrogens is 291 g/mol. The molecule has 0 bridgehead atoms. The fourth-order valence-electron chi connectivity index (χ4n) is 1.42. The van der Waals surface area contributed by atoms with Crippen molar-refractivity contribution in [2.45, 2.75) is 0 Å². The van der Waals surface area contributed by atoms with Gasteiger partial charge in [-0.1, -0.05) is 22.9 Å². The van der Waals surface area contributed by atoms with Crippen molar-refractivity contribution in [1.82, 2.24) is 4.98 Å². The van der Waals surface area contributed by atoms with Crippen LogP contribution in [0.4, 0.5) is 21.0 Å². The fourth-order valence-corrected chi connectivity index (χ4v) is 2.37. The molecule has 2 aromatic rings. The van der Waals surface area contributed by atoms with E-state index in [0.717, 1.165) is 17.4 Å². The predicted molar refractivity (Wildman–Crippen MR) is 75.4 cm³/mol. The first-order chi connectivity index (χ1) is 8.99. The van der Waals surface area contributed by atoms with E-state index in [1.54, 1.807) is 7.05 Å². The van der Waals surface area contributed by atoms with E-state index in [9.17, 15) is 9.18 Å². The lowest BCUT2D eigenvalue weighted by Crippen LogP contribution is -2.12. The Hall–Kier alpha value is -1.86. The molecule has 4 N–H and O–H groups in total. The third kappa shape index (κ3) is 3.12. The summed E-state index contributed by atoms with van der Waals surface area (Å²) >= 11 is 6.81. The van der Waals surface area contributed by atoms with Gasteiger partial charge in [-0.05, 0) is 18.2 Å². The molecule has 0 saturated carbocycles. The summed E-state index contributed by atoms with van der Waals surface area (Å²) < 4.78 is 13.1. The quantitative estimate of drug-likeness (QED) is 0.814. The zero-order valence-corrected chi connectivity index (χ0v) is 11.4. The Morgan fingerprint density at radius 2 is 2.21 bits per heavy atom. The fraction of sp³-hybridized carbons (Fsp3) is 0.0909. The third-order valence-corrected chi connectivity index (χ3v) is 3.50. The van der Waals surface area contributed by atoms with E-state index >= 15 is 0 Å². The van der Waals surface area contributed by atoms with Crippen LogP contribution >= 0.6 is 22.9 Å². The first-order valence-electron chi connectivity index (χ1n) is 5.21. The Kier molecular flexibility index (Phi) is 3.87. The highest BCUT2D eigenvalue weighted by atomic mass is 35.5. The maximum absolute atomic E-state index is 13.1. The highest BCUT2D eigenvalue weighted by Gasteiger charge is 2.16. The van der Waals surface area contributed by atoms with Crippen LogP contribution in [0, 0.1) is 5.82 Å². The highest BCUT2D eigenvalue weighted by molar-refractivity contribution is 7.18. The van der Waals surface area contributed by atoms with Crippen molar-refractivity contribution in [3.05, 3.63) is 33.9 Å². The Morgan fingerprint density at radius 3 is 2.79 bits per heavy atom. The number of hydrogen-bond acceptors (Lipinski definition) is 5. The minimum absolute atomic E-state index is 0.120. The van der Waals surface area contributed by atoms with Crippen LogP contribution in [-0.2, 0) is 0 Å². The van der Waals surface area contributed by atoms with E-state index in [0.29, 0.717) is 5.13 Å². The summed E-state index contributed by atoms with van der Waals surface area (Å²) in [4.78, 5) is 16.2. The zero-order chi connectivity index (χ0) is 14.0. The standard InChI is InChI=1S/C11H10ClFN4OS/c1-15-11-17-9(14)8(19-11)10(18)16-7-3-5(12)2-6(13)4-7/h2-4H,14H2,1H3,(H,15,17)(H,16,18). The molecule has 0 aliphatic heterocycles. The first-order valence-corrected chi connectivity index (χ1v) is 6.40. The lowest BCUT2D eigenvalue weighted by molar-refractivity contribution is 0.103. The number of benzene rings is 1. The van der Waals surface area contributed by atoms with E-state index in [1.165, 1.54) is 12.1 Å². The summed E-state index contributed by atoms with van der Waals surface area (Å²) in [7, 11) is 1.67. The molecule has 0 spiro atoms. The number of carbonyl (C=O) groups is 1. The summed E-state index contributed by atoms with van der Waals surface area (Å²) in [5.41, 5.74) is 5.89. The number of amides is 1. The van der Waals surface area contributed by atoms with Crippen LogP contribution in [-0.4, -0.2) is 17.9 Å². The van der Waals surface area contributed by atoms with Crippen molar-refractivity contribution in [2.75, 3.05) is 23.4 Å². The second-order valence-electron chi connectivity index (χ2n) is 3.60. The normalized spacial score (nSPS) is 10.3. The first kappa shape index (κ1) is 13.6. The third-order valence-electron chi connectivity index (χ3n) is 2.19. The van der Waals surface area contributed by atoms with Gasteiger partial charge in [-0.2, -0.15) is 0 Å². The molecule has 0 unspecified atom stereocenters. The Morgan fingerprint density at radius 1 is 1.47 bits per heavy atom. The van der Waals surface area contributed by atoms with Gasteiger partial charge >= 0.3 is 0 Å². The summed E-state index contributed by atoms with van der Waals surface area (Å²) in [6, 6.07) is 3.76. The van der Waals surface area contributed by atoms with Crippen molar-refractivity contribution in [3.8, 4) is 0 Å². The van der Waals surface area contributed by atoms with Gasteiger partial charge in [-0.3, -0.25) is 4.79 Å². The number of anilines is 3. The maximum Gasteiger partial charge on any atom is 0.269 e. The van der Waals surface area contributed by atoms with E-state index in [1.807, 2.05) is 0 Å². The second kappa shape index (κ2) is 5.41. The highest BCUT2D eigenvalue weighted by Crippen LogP contribution is 2.26. The van der Waals surface area contributed by atoms with Gasteiger partial charge in [-0.25, -0.2) is 9.37 Å². The molecule has 2 rings (SSSR count). The molecule has 0 saturated heterocycles. The summed E-state index contributed by atoms with van der Waals surface area (Å²) in [5.74, 6) is -0.872. The maximum atomic E-state index is 13.1. The van der Waals surface area contributed by atoms with E-state index in [2.05, 4.69) is 15.6 Å². The van der Waals surface area contributed by atoms with Gasteiger partial charge < -0.3 is 16.4 Å². The molecule has 0 aliphatic carbocycles. The lowest BCUT2D eigenvalue weighted by Gasteiger charge is -2.04. The number of halogens is 2. The molecule has 0 aliphatic rings. The van der Waals surface area contributed by atoms with Crippen LogP contribution < -0.4 is 16.4 Å². The van der Waals surface area contributed by atoms with E-state index in [4.69, 9.17) is 17.3 Å². The van der Waals surface area contributed by atoms with E-state index in [-0.39, 0.29) is 21.4 Å². The minimum Gasteiger partial charge on any atom is -0.382 e. The van der Waals surface area contributed by atoms with Crippen molar-refractivity contribution in [2.24, 2.45) is 0 Å². The summed E-state index contributed by atoms with van der Waals surface area (Å²) in [5, 5.41) is 6.03. The van der Waals surface area contributed by atoms with Crippen molar-refractivity contribution < 1.29 is 9.18 Å². The topological polar surface area (TPSA) is 80.0 Å². The number of carbonyl (C=O) groups excluding carboxylic acids is 1. The van der Waals surface area contributed by atoms with Gasteiger partial charge in [0.15, 0.2) is 5.13 Å². The van der Waals surface area contributed by atoms with Crippen LogP contribution in [0.2, 0.25) is 5.02 Å². The zero-order valence-electron chi connectivity index (χ0n) is 9.83. The number of nitrogens with one attached hydrogen (secondary N) is 2. The Balaban J connectivity index is 2.22. The number of nitrogens with two attached hydrogens (primary N) is 1. The molecule has 1 aromatic heterocycles. The molecule has 0 fully saturated rings. The van der Waals surface area contributed by atoms with Gasteiger partial charge in [-0.15, -0.1) is 0 Å². The molecule has 100 valence electrons. The molecule has 5 nitrogen and oxygen atoms in total. The van der Waals surface area contributed by atoms with Crippen LogP contribution in [0.5, 0.6) is 0 Å². The largest absolute Gasteiger partial charge is 0.382 e. The SMILES string of the molecule is CNc1nc(N)c(C(=O)Nc2cc(F)cc(Cl)c2)s1. The van der Waals surface area contributed by atoms with Crippen molar-refractivity contribution in [3.63, 3.8) is 0 Å². The number of thiazole rings is 1. The predicted octanol–water partition coefficient (Wildman–Crippen LogP) is 2.81. The number of nitrogens with zero attached hydrogens (tertiary/aromatic N) is 1. The summed E-state index contributed by atoms with van der Waals surface area (Å²) in [6.07, 6.45) is 0. The Labute approximate surface area is 117 Å². The molecule has 8 heteroatoms. The monoisotopic (exact) mass is 300 g/mol. The molecule has 1 amide bonds. The number of hydrogen-bond donors (Lipinski definition) is 3. The van der Waals surface area contributed by atoms with Gasteiger partial charge in [0.2, 0.25) is 0 Å². The smallest absolute Gasteiger partial charge is 0.269 e. The van der Waals surface area contributed by atoms with E-state index < -0.39 is 11.7 Å². The van der Waals surface area contributed by atoms with Crippen LogP contribution in [0.1, 0.15) is 9.67 Å². The van der Waals surface area contributed by atoms with Gasteiger partial charge in [0.25, 0.3) is 5.91 Å². The molecule has 1 aromatic carbocycles. The van der Waals surface area contributed by atoms with Crippen LogP contribution in [0.15, 0.2) is 18.2 Å². The second-order valence-corrected chi connectivity index (χ2v) is 5.03. The lowest BCUT2D eigenvalue weighted by atomic mass is 10.3. The van der Waals surface area contributed by atoms with Crippen LogP contribution in [0.3, 0.4) is 0 Å². The average Bonchev–Trinajstić information content (AvgIpc) is 2.69. The number of nitrogen functional groups attached to an aromatic ring is 1. The number of aromatic nitrogens is 1. The van der Waals surface area contributed by atoms with Gasteiger partial charge in [0.05, 0.1) is 0 Å². The van der Waals surface area contributed by atoms with Crippen LogP contribution in [0.25, 0.3) is 0 Å². The molecular formula is C11H10ClFN4OS. The van der Waals surface area contributed by atoms with Crippen molar-refractivity contribution >= 4 is 45.5 Å². The molecule has 0 radical (unpaired) electrons. The van der Waals surface area contributed by atoms with Crippen molar-refractivity contribution in [1.29, 1.82) is 0 Å². The average molecular weight is 301 g/mol. The minimum atomic E-state index is -0.531. The molecule has 19 heavy (non-hydrogen) atoms. The number of rotatable bonds is 3.